The van der Waals surface area contributed by atoms with Crippen molar-refractivity contribution in [2.45, 2.75) is 20.4 Å². The summed E-state index contributed by atoms with van der Waals surface area (Å²) in [5.74, 6) is -0.459. The van der Waals surface area contributed by atoms with Crippen LogP contribution in [0, 0.1) is 17.8 Å². The van der Waals surface area contributed by atoms with Gasteiger partial charge in [0.2, 0.25) is 0 Å². The van der Waals surface area contributed by atoms with Gasteiger partial charge in [-0.25, -0.2) is 4.79 Å². The number of methoxy groups -OCH3 is 1. The van der Waals surface area contributed by atoms with E-state index in [4.69, 9.17) is 17.0 Å². The molecule has 0 spiro atoms. The second-order valence-electron chi connectivity index (χ2n) is 8.27. The molecule has 2 heterocycles. The lowest BCUT2D eigenvalue weighted by Crippen LogP contribution is -2.24. The van der Waals surface area contributed by atoms with Gasteiger partial charge >= 0.3 is 5.97 Å². The molecular formula is C27H22N2O3S2. The van der Waals surface area contributed by atoms with E-state index >= 15 is 0 Å². The number of benzene rings is 3. The monoisotopic (exact) mass is 486 g/mol. The number of esters is 1. The van der Waals surface area contributed by atoms with Gasteiger partial charge < -0.3 is 4.74 Å². The first-order valence-electron chi connectivity index (χ1n) is 10.8. The van der Waals surface area contributed by atoms with Crippen LogP contribution in [-0.4, -0.2) is 22.0 Å². The highest BCUT2D eigenvalue weighted by atomic mass is 32.1. The Balaban J connectivity index is 1.92. The van der Waals surface area contributed by atoms with E-state index in [0.717, 1.165) is 32.8 Å². The summed E-state index contributed by atoms with van der Waals surface area (Å²) in [6.45, 7) is 4.51. The molecule has 5 aromatic rings. The van der Waals surface area contributed by atoms with Crippen LogP contribution in [0.25, 0.3) is 27.0 Å². The fourth-order valence-electron chi connectivity index (χ4n) is 4.27. The first kappa shape index (κ1) is 22.3. The predicted molar refractivity (Wildman–Crippen MR) is 140 cm³/mol. The molecule has 170 valence electrons. The van der Waals surface area contributed by atoms with Crippen molar-refractivity contribution in [1.82, 2.24) is 8.97 Å². The third-order valence-corrected chi connectivity index (χ3v) is 7.46. The third kappa shape index (κ3) is 3.67. The summed E-state index contributed by atoms with van der Waals surface area (Å²) in [5.41, 5.74) is 5.88. The van der Waals surface area contributed by atoms with Crippen molar-refractivity contribution >= 4 is 46.1 Å². The van der Waals surface area contributed by atoms with Crippen LogP contribution in [-0.2, 0) is 11.3 Å². The van der Waals surface area contributed by atoms with Crippen molar-refractivity contribution in [3.05, 3.63) is 103 Å². The average molecular weight is 487 g/mol. The highest BCUT2D eigenvalue weighted by Crippen LogP contribution is 2.33. The van der Waals surface area contributed by atoms with Crippen molar-refractivity contribution in [2.75, 3.05) is 7.11 Å². The minimum atomic E-state index is -0.459. The van der Waals surface area contributed by atoms with E-state index < -0.39 is 5.97 Å². The van der Waals surface area contributed by atoms with Crippen molar-refractivity contribution in [3.8, 4) is 10.4 Å². The van der Waals surface area contributed by atoms with Crippen molar-refractivity contribution in [1.29, 1.82) is 0 Å². The molecule has 0 radical (unpaired) electrons. The van der Waals surface area contributed by atoms with Crippen LogP contribution in [0.5, 0.6) is 0 Å². The van der Waals surface area contributed by atoms with Crippen LogP contribution in [0.2, 0.25) is 0 Å². The van der Waals surface area contributed by atoms with E-state index in [1.54, 1.807) is 22.8 Å². The van der Waals surface area contributed by atoms with Gasteiger partial charge in [-0.05, 0) is 61.0 Å². The summed E-state index contributed by atoms with van der Waals surface area (Å²) in [6, 6.07) is 21.2. The Morgan fingerprint density at radius 1 is 1.03 bits per heavy atom. The van der Waals surface area contributed by atoms with Crippen molar-refractivity contribution in [2.24, 2.45) is 0 Å². The first-order valence-corrected chi connectivity index (χ1v) is 12.0. The molecule has 0 amide bonds. The molecule has 5 nitrogen and oxygen atoms in total. The molecule has 0 N–H and O–H groups in total. The Bertz CT molecular complexity index is 1700. The number of hydrogen-bond acceptors (Lipinski definition) is 5. The Labute approximate surface area is 205 Å². The van der Waals surface area contributed by atoms with E-state index in [1.807, 2.05) is 41.7 Å². The smallest absolute Gasteiger partial charge is 0.337 e. The van der Waals surface area contributed by atoms with Gasteiger partial charge in [0.05, 0.1) is 35.0 Å². The molecule has 2 aromatic heterocycles. The summed E-state index contributed by atoms with van der Waals surface area (Å²) in [6.07, 6.45) is 0. The second-order valence-corrected chi connectivity index (χ2v) is 9.91. The van der Waals surface area contributed by atoms with Gasteiger partial charge in [0.15, 0.2) is 3.95 Å². The zero-order valence-corrected chi connectivity index (χ0v) is 20.6. The molecule has 5 rings (SSSR count). The quantitative estimate of drug-likeness (QED) is 0.225. The second kappa shape index (κ2) is 8.66. The Morgan fingerprint density at radius 2 is 1.79 bits per heavy atom. The molecule has 0 aliphatic carbocycles. The molecule has 0 saturated carbocycles. The van der Waals surface area contributed by atoms with E-state index in [1.165, 1.54) is 18.4 Å². The summed E-state index contributed by atoms with van der Waals surface area (Å²) in [4.78, 5) is 27.0. The number of carbonyl (C=O) groups excluding carboxylic acids is 1. The van der Waals surface area contributed by atoms with Gasteiger partial charge in [0.1, 0.15) is 5.65 Å². The molecule has 7 heteroatoms. The number of nitrogens with zero attached hydrogens (tertiary/aromatic N) is 2. The van der Waals surface area contributed by atoms with Gasteiger partial charge in [-0.1, -0.05) is 54.1 Å². The zero-order chi connectivity index (χ0) is 24.0. The molecular weight excluding hydrogens is 464 g/mol. The zero-order valence-electron chi connectivity index (χ0n) is 19.0. The average Bonchev–Trinajstić information content (AvgIpc) is 3.20. The number of aromatic nitrogens is 2. The fraction of sp³-hybridized carbons (Fsp3) is 0.148. The molecule has 0 unspecified atom stereocenters. The third-order valence-electron chi connectivity index (χ3n) is 6.05. The van der Waals surface area contributed by atoms with Gasteiger partial charge in [-0.15, -0.1) is 11.3 Å². The van der Waals surface area contributed by atoms with Gasteiger partial charge in [0, 0.05) is 0 Å². The summed E-state index contributed by atoms with van der Waals surface area (Å²) in [5, 5.41) is 0.499. The SMILES string of the molecule is COC(=O)c1ccc2c(=O)n(Cc3cc(C)ccc3C)c3c(-c4ccccc4)sc(=S)n3c2c1. The van der Waals surface area contributed by atoms with E-state index in [-0.39, 0.29) is 5.56 Å². The Kier molecular flexibility index (Phi) is 5.67. The predicted octanol–water partition coefficient (Wildman–Crippen LogP) is 6.16. The maximum absolute atomic E-state index is 13.9. The topological polar surface area (TPSA) is 52.7 Å². The van der Waals surface area contributed by atoms with Crippen LogP contribution in [0.15, 0.2) is 71.5 Å². The Morgan fingerprint density at radius 3 is 2.53 bits per heavy atom. The molecule has 34 heavy (non-hydrogen) atoms. The molecule has 0 bridgehead atoms. The lowest BCUT2D eigenvalue weighted by Gasteiger charge is -2.15. The highest BCUT2D eigenvalue weighted by molar-refractivity contribution is 7.73. The molecule has 0 fully saturated rings. The number of carbonyl (C=O) groups is 1. The normalized spacial score (nSPS) is 11.3. The summed E-state index contributed by atoms with van der Waals surface area (Å²) in [7, 11) is 1.34. The van der Waals surface area contributed by atoms with Crippen LogP contribution < -0.4 is 5.56 Å². The first-order chi connectivity index (χ1) is 16.4. The number of ether oxygens (including phenoxy) is 1. The lowest BCUT2D eigenvalue weighted by molar-refractivity contribution is 0.0601. The van der Waals surface area contributed by atoms with Gasteiger partial charge in [-0.2, -0.15) is 0 Å². The van der Waals surface area contributed by atoms with E-state index in [9.17, 15) is 9.59 Å². The highest BCUT2D eigenvalue weighted by Gasteiger charge is 2.20. The maximum atomic E-state index is 13.9. The lowest BCUT2D eigenvalue weighted by atomic mass is 10.1. The number of hydrogen-bond donors (Lipinski definition) is 0. The number of fused-ring (bicyclic) bond motifs is 3. The van der Waals surface area contributed by atoms with E-state index in [0.29, 0.717) is 27.0 Å². The van der Waals surface area contributed by atoms with Crippen LogP contribution >= 0.6 is 23.6 Å². The van der Waals surface area contributed by atoms with Crippen molar-refractivity contribution in [3.63, 3.8) is 0 Å². The van der Waals surface area contributed by atoms with E-state index in [2.05, 4.69) is 25.1 Å². The standard InChI is InChI=1S/C27H22N2O3S2/c1-16-9-10-17(2)20(13-16)15-28-24-23(18-7-5-4-6-8-18)34-27(33)29(24)22-14-19(26(31)32-3)11-12-21(22)25(28)30/h4-14H,15H2,1-3H3. The fourth-order valence-corrected chi connectivity index (χ4v) is 5.70. The summed E-state index contributed by atoms with van der Waals surface area (Å²) >= 11 is 7.26. The van der Waals surface area contributed by atoms with Crippen LogP contribution in [0.1, 0.15) is 27.0 Å². The van der Waals surface area contributed by atoms with Gasteiger partial charge in [-0.3, -0.25) is 13.8 Å². The molecule has 0 aliphatic heterocycles. The molecule has 0 atom stereocenters. The van der Waals surface area contributed by atoms with Crippen LogP contribution in [0.4, 0.5) is 0 Å². The molecule has 0 saturated heterocycles. The van der Waals surface area contributed by atoms with Crippen LogP contribution in [0.3, 0.4) is 0 Å². The minimum absolute atomic E-state index is 0.127. The van der Waals surface area contributed by atoms with Gasteiger partial charge in [0.25, 0.3) is 5.56 Å². The maximum Gasteiger partial charge on any atom is 0.337 e. The number of aryl methyl sites for hydroxylation is 2. The largest absolute Gasteiger partial charge is 0.465 e. The van der Waals surface area contributed by atoms with Crippen molar-refractivity contribution < 1.29 is 9.53 Å². The Hall–Kier alpha value is -3.55. The number of rotatable bonds is 4. The summed E-state index contributed by atoms with van der Waals surface area (Å²) < 4.78 is 9.23. The number of thiazole rings is 1. The minimum Gasteiger partial charge on any atom is -0.465 e. The molecule has 0 aliphatic rings. The molecule has 3 aromatic carbocycles.